The van der Waals surface area contributed by atoms with Crippen molar-refractivity contribution in [3.05, 3.63) is 11.7 Å². The smallest absolute Gasteiger partial charge is 0.228 e. The molecule has 4 nitrogen and oxygen atoms in total. The van der Waals surface area contributed by atoms with E-state index in [2.05, 4.69) is 36.2 Å². The van der Waals surface area contributed by atoms with Crippen molar-refractivity contribution >= 4 is 0 Å². The van der Waals surface area contributed by atoms with E-state index in [1.165, 1.54) is 38.5 Å². The molecule has 1 fully saturated rings. The fourth-order valence-corrected chi connectivity index (χ4v) is 3.36. The van der Waals surface area contributed by atoms with Gasteiger partial charge >= 0.3 is 0 Å². The van der Waals surface area contributed by atoms with Crippen molar-refractivity contribution in [3.8, 4) is 0 Å². The molecule has 0 spiro atoms. The van der Waals surface area contributed by atoms with Crippen molar-refractivity contribution in [1.29, 1.82) is 0 Å². The van der Waals surface area contributed by atoms with Crippen LogP contribution in [0.15, 0.2) is 4.52 Å². The second kappa shape index (κ2) is 8.52. The molecule has 1 aliphatic carbocycles. The van der Waals surface area contributed by atoms with Gasteiger partial charge in [-0.25, -0.2) is 0 Å². The molecular formula is C17H31N3O. The van der Waals surface area contributed by atoms with E-state index in [0.717, 1.165) is 31.1 Å². The first kappa shape index (κ1) is 16.5. The summed E-state index contributed by atoms with van der Waals surface area (Å²) in [6.07, 6.45) is 9.78. The van der Waals surface area contributed by atoms with Gasteiger partial charge in [0.25, 0.3) is 0 Å². The van der Waals surface area contributed by atoms with Crippen LogP contribution in [0.2, 0.25) is 0 Å². The Morgan fingerprint density at radius 3 is 2.52 bits per heavy atom. The molecule has 2 rings (SSSR count). The summed E-state index contributed by atoms with van der Waals surface area (Å²) in [5, 5.41) is 7.79. The number of nitrogens with zero attached hydrogens (tertiary/aromatic N) is 2. The van der Waals surface area contributed by atoms with Crippen LogP contribution in [0.1, 0.15) is 83.3 Å². The van der Waals surface area contributed by atoms with E-state index in [0.29, 0.717) is 17.9 Å². The van der Waals surface area contributed by atoms with Crippen molar-refractivity contribution in [2.24, 2.45) is 5.92 Å². The van der Waals surface area contributed by atoms with Gasteiger partial charge in [0, 0.05) is 18.4 Å². The molecule has 1 unspecified atom stereocenters. The molecule has 1 heterocycles. The monoisotopic (exact) mass is 293 g/mol. The van der Waals surface area contributed by atoms with Gasteiger partial charge in [-0.2, -0.15) is 4.98 Å². The fraction of sp³-hybridized carbons (Fsp3) is 0.882. The molecule has 1 aliphatic rings. The fourth-order valence-electron chi connectivity index (χ4n) is 3.36. The van der Waals surface area contributed by atoms with Gasteiger partial charge < -0.3 is 9.84 Å². The van der Waals surface area contributed by atoms with Gasteiger partial charge in [0.1, 0.15) is 0 Å². The molecule has 21 heavy (non-hydrogen) atoms. The Morgan fingerprint density at radius 2 is 1.90 bits per heavy atom. The summed E-state index contributed by atoms with van der Waals surface area (Å²) in [5.74, 6) is 2.96. The van der Waals surface area contributed by atoms with Gasteiger partial charge in [-0.1, -0.05) is 51.6 Å². The molecule has 0 saturated heterocycles. The van der Waals surface area contributed by atoms with Gasteiger partial charge in [0.15, 0.2) is 5.82 Å². The minimum atomic E-state index is 0.442. The average molecular weight is 293 g/mol. The first-order valence-electron chi connectivity index (χ1n) is 8.75. The highest BCUT2D eigenvalue weighted by Crippen LogP contribution is 2.29. The van der Waals surface area contributed by atoms with Crippen LogP contribution in [0, 0.1) is 5.92 Å². The van der Waals surface area contributed by atoms with Crippen LogP contribution in [-0.4, -0.2) is 22.7 Å². The van der Waals surface area contributed by atoms with Crippen LogP contribution >= 0.6 is 0 Å². The van der Waals surface area contributed by atoms with Gasteiger partial charge in [-0.05, 0) is 31.7 Å². The third-order valence-corrected chi connectivity index (χ3v) is 4.37. The number of nitrogens with one attached hydrogen (secondary N) is 1. The van der Waals surface area contributed by atoms with Gasteiger partial charge in [0.05, 0.1) is 0 Å². The number of aromatic nitrogens is 2. The van der Waals surface area contributed by atoms with E-state index >= 15 is 0 Å². The molecule has 1 N–H and O–H groups in total. The third-order valence-electron chi connectivity index (χ3n) is 4.37. The minimum Gasteiger partial charge on any atom is -0.339 e. The van der Waals surface area contributed by atoms with E-state index in [9.17, 15) is 0 Å². The van der Waals surface area contributed by atoms with Crippen LogP contribution < -0.4 is 5.32 Å². The quantitative estimate of drug-likeness (QED) is 0.770. The van der Waals surface area contributed by atoms with Crippen molar-refractivity contribution in [2.45, 2.75) is 84.1 Å². The molecule has 4 heteroatoms. The normalized spacial score (nSPS) is 18.9. The summed E-state index contributed by atoms with van der Waals surface area (Å²) in [5.41, 5.74) is 0. The standard InChI is InChI=1S/C17H31N3O/c1-4-18-15(11-13(2)3)12-16-19-17(20-21-16)14-9-7-5-6-8-10-14/h13-15,18H,4-12H2,1-3H3. The van der Waals surface area contributed by atoms with Crippen LogP contribution in [0.25, 0.3) is 0 Å². The molecule has 0 aliphatic heterocycles. The lowest BCUT2D eigenvalue weighted by Crippen LogP contribution is -2.32. The minimum absolute atomic E-state index is 0.442. The van der Waals surface area contributed by atoms with E-state index in [1.807, 2.05) is 0 Å². The summed E-state index contributed by atoms with van der Waals surface area (Å²) in [6.45, 7) is 7.66. The van der Waals surface area contributed by atoms with Crippen LogP contribution in [0.3, 0.4) is 0 Å². The SMILES string of the molecule is CCNC(Cc1nc(C2CCCCCC2)no1)CC(C)C. The number of rotatable bonds is 7. The molecule has 0 aromatic carbocycles. The Bertz CT molecular complexity index is 394. The lowest BCUT2D eigenvalue weighted by Gasteiger charge is -2.17. The number of likely N-dealkylation sites (N-methyl/N-ethyl adjacent to an activating group) is 1. The van der Waals surface area contributed by atoms with Crippen LogP contribution in [0.4, 0.5) is 0 Å². The molecule has 0 bridgehead atoms. The molecule has 1 saturated carbocycles. The van der Waals surface area contributed by atoms with E-state index < -0.39 is 0 Å². The zero-order valence-electron chi connectivity index (χ0n) is 13.9. The lowest BCUT2D eigenvalue weighted by atomic mass is 9.99. The van der Waals surface area contributed by atoms with E-state index in [4.69, 9.17) is 4.52 Å². The summed E-state index contributed by atoms with van der Waals surface area (Å²) in [7, 11) is 0. The van der Waals surface area contributed by atoms with E-state index in [-0.39, 0.29) is 0 Å². The Morgan fingerprint density at radius 1 is 1.19 bits per heavy atom. The first-order chi connectivity index (χ1) is 10.2. The zero-order valence-corrected chi connectivity index (χ0v) is 13.9. The van der Waals surface area contributed by atoms with E-state index in [1.54, 1.807) is 0 Å². The maximum atomic E-state index is 5.52. The highest BCUT2D eigenvalue weighted by atomic mass is 16.5. The molecule has 120 valence electrons. The lowest BCUT2D eigenvalue weighted by molar-refractivity contribution is 0.335. The summed E-state index contributed by atoms with van der Waals surface area (Å²) >= 11 is 0. The largest absolute Gasteiger partial charge is 0.339 e. The van der Waals surface area contributed by atoms with Gasteiger partial charge in [-0.15, -0.1) is 0 Å². The summed E-state index contributed by atoms with van der Waals surface area (Å²) in [6, 6.07) is 0.442. The van der Waals surface area contributed by atoms with Crippen molar-refractivity contribution < 1.29 is 4.52 Å². The average Bonchev–Trinajstić information content (AvgIpc) is 2.73. The Balaban J connectivity index is 1.94. The predicted molar refractivity (Wildman–Crippen MR) is 85.4 cm³/mol. The predicted octanol–water partition coefficient (Wildman–Crippen LogP) is 4.07. The topological polar surface area (TPSA) is 51.0 Å². The van der Waals surface area contributed by atoms with Crippen molar-refractivity contribution in [3.63, 3.8) is 0 Å². The molecule has 1 aromatic rings. The second-order valence-electron chi connectivity index (χ2n) is 6.82. The first-order valence-corrected chi connectivity index (χ1v) is 8.75. The van der Waals surface area contributed by atoms with Gasteiger partial charge in [-0.3, -0.25) is 0 Å². The summed E-state index contributed by atoms with van der Waals surface area (Å²) in [4.78, 5) is 4.69. The number of hydrogen-bond acceptors (Lipinski definition) is 4. The van der Waals surface area contributed by atoms with Crippen molar-refractivity contribution in [2.75, 3.05) is 6.54 Å². The third kappa shape index (κ3) is 5.42. The Labute approximate surface area is 129 Å². The molecule has 0 amide bonds. The summed E-state index contributed by atoms with van der Waals surface area (Å²) < 4.78 is 5.52. The highest BCUT2D eigenvalue weighted by Gasteiger charge is 2.21. The second-order valence-corrected chi connectivity index (χ2v) is 6.82. The number of hydrogen-bond donors (Lipinski definition) is 1. The van der Waals surface area contributed by atoms with Crippen molar-refractivity contribution in [1.82, 2.24) is 15.5 Å². The van der Waals surface area contributed by atoms with Crippen LogP contribution in [-0.2, 0) is 6.42 Å². The van der Waals surface area contributed by atoms with Gasteiger partial charge in [0.2, 0.25) is 5.89 Å². The zero-order chi connectivity index (χ0) is 15.1. The maximum Gasteiger partial charge on any atom is 0.228 e. The maximum absolute atomic E-state index is 5.52. The molecule has 0 radical (unpaired) electrons. The molecule has 1 atom stereocenters. The molecule has 1 aromatic heterocycles. The highest BCUT2D eigenvalue weighted by molar-refractivity contribution is 4.97. The van der Waals surface area contributed by atoms with Crippen LogP contribution in [0.5, 0.6) is 0 Å². The molecular weight excluding hydrogens is 262 g/mol. The Kier molecular flexibility index (Phi) is 6.68. The Hall–Kier alpha value is -0.900.